The minimum absolute atomic E-state index is 0.0816. The normalized spacial score (nSPS) is 12.1. The SMILES string of the molecule is CN(Cc1cnccn1)Cc1cc(C(C)(C)C)n[nH]1. The first-order valence-electron chi connectivity index (χ1n) is 6.43. The fourth-order valence-electron chi connectivity index (χ4n) is 1.86. The number of hydrogen-bond acceptors (Lipinski definition) is 4. The van der Waals surface area contributed by atoms with E-state index in [1.807, 2.05) is 0 Å². The molecule has 2 aromatic heterocycles. The first-order valence-corrected chi connectivity index (χ1v) is 6.43. The maximum absolute atomic E-state index is 4.37. The van der Waals surface area contributed by atoms with Gasteiger partial charge in [0.05, 0.1) is 11.4 Å². The Morgan fingerprint density at radius 1 is 1.21 bits per heavy atom. The van der Waals surface area contributed by atoms with E-state index in [-0.39, 0.29) is 5.41 Å². The molecule has 2 rings (SSSR count). The molecule has 1 N–H and O–H groups in total. The third-order valence-electron chi connectivity index (χ3n) is 2.89. The lowest BCUT2D eigenvalue weighted by molar-refractivity contribution is 0.310. The van der Waals surface area contributed by atoms with E-state index in [1.165, 1.54) is 0 Å². The Labute approximate surface area is 114 Å². The third-order valence-corrected chi connectivity index (χ3v) is 2.89. The van der Waals surface area contributed by atoms with Crippen LogP contribution in [0.15, 0.2) is 24.7 Å². The standard InChI is InChI=1S/C14H21N5/c1-14(2,3)13-7-11(17-18-13)9-19(4)10-12-8-15-5-6-16-12/h5-8H,9-10H2,1-4H3,(H,17,18). The van der Waals surface area contributed by atoms with Gasteiger partial charge in [-0.25, -0.2) is 0 Å². The molecule has 0 aliphatic carbocycles. The van der Waals surface area contributed by atoms with E-state index in [0.29, 0.717) is 0 Å². The van der Waals surface area contributed by atoms with E-state index in [2.05, 4.69) is 59.0 Å². The van der Waals surface area contributed by atoms with E-state index in [0.717, 1.165) is 30.2 Å². The summed E-state index contributed by atoms with van der Waals surface area (Å²) in [5, 5.41) is 7.47. The van der Waals surface area contributed by atoms with Crippen LogP contribution in [0.2, 0.25) is 0 Å². The average Bonchev–Trinajstić information content (AvgIpc) is 2.78. The molecule has 102 valence electrons. The second kappa shape index (κ2) is 5.48. The fourth-order valence-corrected chi connectivity index (χ4v) is 1.86. The molecule has 0 amide bonds. The van der Waals surface area contributed by atoms with Crippen LogP contribution in [0.1, 0.15) is 37.9 Å². The number of nitrogens with zero attached hydrogens (tertiary/aromatic N) is 4. The highest BCUT2D eigenvalue weighted by Crippen LogP contribution is 2.20. The Bertz CT molecular complexity index is 512. The van der Waals surface area contributed by atoms with Gasteiger partial charge in [-0.1, -0.05) is 20.8 Å². The monoisotopic (exact) mass is 259 g/mol. The molecule has 2 heterocycles. The summed E-state index contributed by atoms with van der Waals surface area (Å²) in [6.07, 6.45) is 5.20. The van der Waals surface area contributed by atoms with E-state index >= 15 is 0 Å². The van der Waals surface area contributed by atoms with Gasteiger partial charge in [0.1, 0.15) is 0 Å². The highest BCUT2D eigenvalue weighted by molar-refractivity contribution is 5.16. The molecule has 0 spiro atoms. The van der Waals surface area contributed by atoms with Crippen LogP contribution < -0.4 is 0 Å². The molecule has 0 unspecified atom stereocenters. The molecule has 5 heteroatoms. The zero-order valence-corrected chi connectivity index (χ0v) is 12.0. The van der Waals surface area contributed by atoms with Crippen LogP contribution in [0.25, 0.3) is 0 Å². The van der Waals surface area contributed by atoms with Crippen molar-refractivity contribution >= 4 is 0 Å². The summed E-state index contributed by atoms with van der Waals surface area (Å²) in [5.74, 6) is 0. The van der Waals surface area contributed by atoms with Crippen LogP contribution in [0.3, 0.4) is 0 Å². The lowest BCUT2D eigenvalue weighted by Gasteiger charge is -2.15. The second-order valence-corrected chi connectivity index (χ2v) is 5.90. The lowest BCUT2D eigenvalue weighted by Crippen LogP contribution is -2.18. The van der Waals surface area contributed by atoms with Gasteiger partial charge >= 0.3 is 0 Å². The van der Waals surface area contributed by atoms with Gasteiger partial charge in [0.15, 0.2) is 0 Å². The van der Waals surface area contributed by atoms with Gasteiger partial charge in [0.2, 0.25) is 0 Å². The Kier molecular flexibility index (Phi) is 3.95. The third kappa shape index (κ3) is 3.86. The van der Waals surface area contributed by atoms with Crippen molar-refractivity contribution in [2.75, 3.05) is 7.05 Å². The highest BCUT2D eigenvalue weighted by Gasteiger charge is 2.17. The molecule has 0 bridgehead atoms. The van der Waals surface area contributed by atoms with Crippen LogP contribution in [-0.4, -0.2) is 32.1 Å². The summed E-state index contributed by atoms with van der Waals surface area (Å²) >= 11 is 0. The van der Waals surface area contributed by atoms with Crippen LogP contribution in [-0.2, 0) is 18.5 Å². The molecule has 0 atom stereocenters. The van der Waals surface area contributed by atoms with Crippen LogP contribution in [0.5, 0.6) is 0 Å². The molecule has 0 saturated heterocycles. The molecule has 0 aromatic carbocycles. The molecule has 0 saturated carbocycles. The summed E-state index contributed by atoms with van der Waals surface area (Å²) in [6.45, 7) is 8.08. The number of rotatable bonds is 4. The van der Waals surface area contributed by atoms with E-state index in [1.54, 1.807) is 18.6 Å². The summed E-state index contributed by atoms with van der Waals surface area (Å²) < 4.78 is 0. The molecule has 2 aromatic rings. The van der Waals surface area contributed by atoms with Crippen LogP contribution in [0, 0.1) is 0 Å². The van der Waals surface area contributed by atoms with Gasteiger partial charge in [-0.2, -0.15) is 5.10 Å². The summed E-state index contributed by atoms with van der Waals surface area (Å²) in [5.41, 5.74) is 3.27. The number of hydrogen-bond donors (Lipinski definition) is 1. The number of aromatic nitrogens is 4. The van der Waals surface area contributed by atoms with Crippen molar-refractivity contribution in [2.45, 2.75) is 39.3 Å². The largest absolute Gasteiger partial charge is 0.295 e. The Hall–Kier alpha value is -1.75. The van der Waals surface area contributed by atoms with Crippen molar-refractivity contribution < 1.29 is 0 Å². The first-order chi connectivity index (χ1) is 8.95. The fraction of sp³-hybridized carbons (Fsp3) is 0.500. The molecular formula is C14H21N5. The van der Waals surface area contributed by atoms with Crippen molar-refractivity contribution in [2.24, 2.45) is 0 Å². The molecule has 0 aliphatic rings. The van der Waals surface area contributed by atoms with Crippen molar-refractivity contribution in [1.29, 1.82) is 0 Å². The minimum atomic E-state index is 0.0816. The predicted molar refractivity (Wildman–Crippen MR) is 74.5 cm³/mol. The van der Waals surface area contributed by atoms with Crippen LogP contribution >= 0.6 is 0 Å². The van der Waals surface area contributed by atoms with E-state index < -0.39 is 0 Å². The summed E-state index contributed by atoms with van der Waals surface area (Å²) in [4.78, 5) is 10.5. The van der Waals surface area contributed by atoms with Crippen LogP contribution in [0.4, 0.5) is 0 Å². The van der Waals surface area contributed by atoms with E-state index in [4.69, 9.17) is 0 Å². The number of aromatic amines is 1. The zero-order valence-electron chi connectivity index (χ0n) is 12.0. The quantitative estimate of drug-likeness (QED) is 0.914. The van der Waals surface area contributed by atoms with E-state index in [9.17, 15) is 0 Å². The Morgan fingerprint density at radius 2 is 2.00 bits per heavy atom. The summed E-state index contributed by atoms with van der Waals surface area (Å²) in [7, 11) is 2.06. The smallest absolute Gasteiger partial charge is 0.0726 e. The summed E-state index contributed by atoms with van der Waals surface area (Å²) in [6, 6.07) is 2.13. The number of H-pyrrole nitrogens is 1. The van der Waals surface area contributed by atoms with Crippen molar-refractivity contribution in [3.05, 3.63) is 41.7 Å². The first kappa shape index (κ1) is 13.7. The topological polar surface area (TPSA) is 57.7 Å². The van der Waals surface area contributed by atoms with Gasteiger partial charge in [-0.3, -0.25) is 20.0 Å². The molecular weight excluding hydrogens is 238 g/mol. The Balaban J connectivity index is 1.96. The van der Waals surface area contributed by atoms with Gasteiger partial charge in [0, 0.05) is 42.8 Å². The van der Waals surface area contributed by atoms with Crippen molar-refractivity contribution in [1.82, 2.24) is 25.1 Å². The van der Waals surface area contributed by atoms with Gasteiger partial charge < -0.3 is 0 Å². The van der Waals surface area contributed by atoms with Crippen molar-refractivity contribution in [3.63, 3.8) is 0 Å². The molecule has 0 aliphatic heterocycles. The molecule has 19 heavy (non-hydrogen) atoms. The lowest BCUT2D eigenvalue weighted by atomic mass is 9.92. The van der Waals surface area contributed by atoms with Gasteiger partial charge in [0.25, 0.3) is 0 Å². The van der Waals surface area contributed by atoms with Gasteiger partial charge in [-0.05, 0) is 13.1 Å². The predicted octanol–water partition coefficient (Wildman–Crippen LogP) is 2.13. The van der Waals surface area contributed by atoms with Crippen molar-refractivity contribution in [3.8, 4) is 0 Å². The zero-order chi connectivity index (χ0) is 13.9. The average molecular weight is 259 g/mol. The molecule has 5 nitrogen and oxygen atoms in total. The Morgan fingerprint density at radius 3 is 2.58 bits per heavy atom. The highest BCUT2D eigenvalue weighted by atomic mass is 15.2. The van der Waals surface area contributed by atoms with Gasteiger partial charge in [-0.15, -0.1) is 0 Å². The number of nitrogens with one attached hydrogen (secondary N) is 1. The maximum atomic E-state index is 4.37. The minimum Gasteiger partial charge on any atom is -0.295 e. The maximum Gasteiger partial charge on any atom is 0.0726 e. The second-order valence-electron chi connectivity index (χ2n) is 5.90. The molecule has 0 fully saturated rings. The molecule has 0 radical (unpaired) electrons.